The van der Waals surface area contributed by atoms with Crippen molar-refractivity contribution < 1.29 is 25.9 Å². The zero-order valence-corrected chi connectivity index (χ0v) is 27.6. The summed E-state index contributed by atoms with van der Waals surface area (Å²) in [7, 11) is -8.94. The molecule has 2 heterocycles. The lowest BCUT2D eigenvalue weighted by Crippen LogP contribution is -2.18. The smallest absolute Gasteiger partial charge is 0.295 e. The molecule has 0 radical (unpaired) electrons. The summed E-state index contributed by atoms with van der Waals surface area (Å²) in [5.74, 6) is 1.16. The summed E-state index contributed by atoms with van der Waals surface area (Å²) in [5, 5.41) is 8.60. The molecule has 0 aliphatic carbocycles. The van der Waals surface area contributed by atoms with Crippen LogP contribution in [0.15, 0.2) is 82.6 Å². The molecular weight excluding hydrogens is 643 g/mol. The third kappa shape index (κ3) is 8.80. The summed E-state index contributed by atoms with van der Waals surface area (Å²) < 4.78 is 62.7. The van der Waals surface area contributed by atoms with E-state index in [1.54, 1.807) is 0 Å². The maximum Gasteiger partial charge on any atom is 0.295 e. The maximum atomic E-state index is 11.2. The first-order valence-electron chi connectivity index (χ1n) is 14.2. The van der Waals surface area contributed by atoms with Crippen molar-refractivity contribution in [3.8, 4) is 0 Å². The minimum absolute atomic E-state index is 0.0233. The zero-order chi connectivity index (χ0) is 32.1. The molecule has 2 aliphatic rings. The first-order chi connectivity index (χ1) is 20.8. The van der Waals surface area contributed by atoms with Gasteiger partial charge in [0.25, 0.3) is 20.2 Å². The van der Waals surface area contributed by atoms with Crippen molar-refractivity contribution in [2.75, 3.05) is 26.2 Å². The lowest BCUT2D eigenvalue weighted by Gasteiger charge is -2.11. The van der Waals surface area contributed by atoms with E-state index < -0.39 is 30.0 Å². The molecule has 0 spiro atoms. The van der Waals surface area contributed by atoms with Crippen molar-refractivity contribution in [2.24, 2.45) is 0 Å². The van der Waals surface area contributed by atoms with Crippen LogP contribution in [0.25, 0.3) is 10.8 Å². The van der Waals surface area contributed by atoms with E-state index in [1.165, 1.54) is 46.5 Å². The fourth-order valence-corrected chi connectivity index (χ4v) is 7.28. The quantitative estimate of drug-likeness (QED) is 0.176. The van der Waals surface area contributed by atoms with Gasteiger partial charge in [0, 0.05) is 33.9 Å². The van der Waals surface area contributed by atoms with Gasteiger partial charge >= 0.3 is 0 Å². The van der Waals surface area contributed by atoms with Crippen molar-refractivity contribution in [2.45, 2.75) is 48.3 Å². The average Bonchev–Trinajstić information content (AvgIpc) is 3.27. The number of halogens is 2. The average molecular weight is 680 g/mol. The first kappa shape index (κ1) is 34.3. The fourth-order valence-electron chi connectivity index (χ4n) is 5.51. The Bertz CT molecular complexity index is 1710. The number of hydrogen-bond acceptors (Lipinski definition) is 6. The molecule has 6 rings (SSSR count). The molecule has 4 aromatic rings. The van der Waals surface area contributed by atoms with E-state index in [4.69, 9.17) is 32.3 Å². The molecule has 2 aliphatic heterocycles. The van der Waals surface area contributed by atoms with Crippen molar-refractivity contribution in [3.63, 3.8) is 0 Å². The van der Waals surface area contributed by atoms with Gasteiger partial charge in [-0.2, -0.15) is 16.8 Å². The molecule has 12 heteroatoms. The molecule has 0 aromatic heterocycles. The highest BCUT2D eigenvalue weighted by molar-refractivity contribution is 7.86. The van der Waals surface area contributed by atoms with Crippen molar-refractivity contribution in [1.29, 1.82) is 0 Å². The van der Waals surface area contributed by atoms with Gasteiger partial charge in [0.1, 0.15) is 9.79 Å². The van der Waals surface area contributed by atoms with Crippen LogP contribution in [0.1, 0.15) is 47.9 Å². The van der Waals surface area contributed by atoms with Gasteiger partial charge in [-0.15, -0.1) is 0 Å². The van der Waals surface area contributed by atoms with Crippen LogP contribution in [0.4, 0.5) is 0 Å². The van der Waals surface area contributed by atoms with E-state index in [-0.39, 0.29) is 10.8 Å². The standard InChI is InChI=1S/2C11H14ClN.C10H8O6S2/c2*1-8-7-13-5-4-9-2-3-10(12)6-11(8)9;11-17(12,13)9-5-1-3-7-8(9)4-2-6-10(7)18(14,15)16/h2*2-3,6,8,13H,4-5,7H2,1H3;1-6H,(H,11,12,13)(H,14,15,16)/t2*8-;/m00./s1. The Hall–Kier alpha value is -2.54. The lowest BCUT2D eigenvalue weighted by atomic mass is 9.96. The van der Waals surface area contributed by atoms with Crippen LogP contribution in [0.3, 0.4) is 0 Å². The van der Waals surface area contributed by atoms with Crippen LogP contribution < -0.4 is 10.6 Å². The van der Waals surface area contributed by atoms with E-state index in [0.717, 1.165) is 61.2 Å². The number of nitrogens with one attached hydrogen (secondary N) is 2. The van der Waals surface area contributed by atoms with Crippen LogP contribution in [0.2, 0.25) is 10.0 Å². The molecule has 0 saturated carbocycles. The normalized spacial score (nSPS) is 18.3. The summed E-state index contributed by atoms with van der Waals surface area (Å²) in [6.45, 7) is 8.78. The van der Waals surface area contributed by atoms with Crippen LogP contribution >= 0.6 is 23.2 Å². The van der Waals surface area contributed by atoms with Crippen LogP contribution in [-0.2, 0) is 33.1 Å². The molecule has 2 atom stereocenters. The number of benzene rings is 4. The van der Waals surface area contributed by atoms with E-state index in [0.29, 0.717) is 11.8 Å². The minimum Gasteiger partial charge on any atom is -0.316 e. The predicted octanol–water partition coefficient (Wildman–Crippen LogP) is 6.51. The first-order valence-corrected chi connectivity index (χ1v) is 17.8. The van der Waals surface area contributed by atoms with Crippen molar-refractivity contribution >= 4 is 54.2 Å². The van der Waals surface area contributed by atoms with Crippen molar-refractivity contribution in [3.05, 3.63) is 105 Å². The topological polar surface area (TPSA) is 133 Å². The molecule has 0 bridgehead atoms. The van der Waals surface area contributed by atoms with Gasteiger partial charge in [-0.3, -0.25) is 9.11 Å². The zero-order valence-electron chi connectivity index (χ0n) is 24.4. The monoisotopic (exact) mass is 678 g/mol. The Labute approximate surface area is 269 Å². The van der Waals surface area contributed by atoms with E-state index in [2.05, 4.69) is 48.7 Å². The van der Waals surface area contributed by atoms with Gasteiger partial charge in [0.15, 0.2) is 0 Å². The largest absolute Gasteiger partial charge is 0.316 e. The predicted molar refractivity (Wildman–Crippen MR) is 176 cm³/mol. The Kier molecular flexibility index (Phi) is 11.5. The molecule has 0 saturated heterocycles. The third-order valence-electron chi connectivity index (χ3n) is 7.72. The summed E-state index contributed by atoms with van der Waals surface area (Å²) in [6, 6.07) is 20.0. The Morgan fingerprint density at radius 2 is 1.02 bits per heavy atom. The van der Waals surface area contributed by atoms with Gasteiger partial charge in [0.05, 0.1) is 0 Å². The second-order valence-electron chi connectivity index (χ2n) is 11.0. The summed E-state index contributed by atoms with van der Waals surface area (Å²) >= 11 is 11.9. The summed E-state index contributed by atoms with van der Waals surface area (Å²) in [5.41, 5.74) is 5.72. The molecule has 44 heavy (non-hydrogen) atoms. The molecule has 4 N–H and O–H groups in total. The molecule has 4 aromatic carbocycles. The number of fused-ring (bicyclic) bond motifs is 3. The van der Waals surface area contributed by atoms with E-state index >= 15 is 0 Å². The molecule has 236 valence electrons. The van der Waals surface area contributed by atoms with Crippen LogP contribution in [0.5, 0.6) is 0 Å². The highest BCUT2D eigenvalue weighted by Gasteiger charge is 2.19. The van der Waals surface area contributed by atoms with E-state index in [1.807, 2.05) is 12.1 Å². The Morgan fingerprint density at radius 1 is 0.636 bits per heavy atom. The van der Waals surface area contributed by atoms with Crippen LogP contribution in [0, 0.1) is 0 Å². The van der Waals surface area contributed by atoms with Gasteiger partial charge in [-0.1, -0.05) is 73.4 Å². The maximum absolute atomic E-state index is 11.2. The van der Waals surface area contributed by atoms with Gasteiger partial charge in [-0.25, -0.2) is 0 Å². The fraction of sp³-hybridized carbons (Fsp3) is 0.312. The molecule has 0 fully saturated rings. The Morgan fingerprint density at radius 3 is 1.39 bits per heavy atom. The third-order valence-corrected chi connectivity index (χ3v) is 10.0. The Balaban J connectivity index is 0.000000154. The SMILES string of the molecule is C[C@H]1CNCCc2ccc(Cl)cc21.C[C@H]1CNCCc2ccc(Cl)cc21.O=S(=O)(O)c1cccc2c(S(=O)(=O)O)cccc12. The molecule has 8 nitrogen and oxygen atoms in total. The summed E-state index contributed by atoms with van der Waals surface area (Å²) in [4.78, 5) is -0.823. The highest BCUT2D eigenvalue weighted by Crippen LogP contribution is 2.29. The second kappa shape index (κ2) is 14.7. The molecular formula is C32H36Cl2N2O6S2. The number of hydrogen-bond donors (Lipinski definition) is 4. The van der Waals surface area contributed by atoms with Gasteiger partial charge in [-0.05, 0) is 96.4 Å². The van der Waals surface area contributed by atoms with Crippen LogP contribution in [-0.4, -0.2) is 52.1 Å². The number of rotatable bonds is 2. The van der Waals surface area contributed by atoms with Gasteiger partial charge in [0.2, 0.25) is 0 Å². The second-order valence-corrected chi connectivity index (χ2v) is 14.6. The molecule has 0 unspecified atom stereocenters. The molecule has 0 amide bonds. The minimum atomic E-state index is -4.47. The van der Waals surface area contributed by atoms with Crippen molar-refractivity contribution in [1.82, 2.24) is 10.6 Å². The van der Waals surface area contributed by atoms with E-state index in [9.17, 15) is 16.8 Å². The summed E-state index contributed by atoms with van der Waals surface area (Å²) in [6.07, 6.45) is 2.24. The lowest BCUT2D eigenvalue weighted by molar-refractivity contribution is 0.481. The highest BCUT2D eigenvalue weighted by atomic mass is 35.5. The van der Waals surface area contributed by atoms with Gasteiger partial charge < -0.3 is 10.6 Å².